The van der Waals surface area contributed by atoms with E-state index in [9.17, 15) is 39.0 Å². The van der Waals surface area contributed by atoms with E-state index < -0.39 is 80.7 Å². The number of hydrogen-bond donors (Lipinski definition) is 2. The van der Waals surface area contributed by atoms with E-state index in [1.54, 1.807) is 40.7 Å². The van der Waals surface area contributed by atoms with E-state index in [0.29, 0.717) is 5.56 Å². The molecule has 0 aliphatic heterocycles. The summed E-state index contributed by atoms with van der Waals surface area (Å²) in [4.78, 5) is 80.7. The first kappa shape index (κ1) is 31.5. The second kappa shape index (κ2) is 10.4. The number of rotatable bonds is 6. The van der Waals surface area contributed by atoms with Gasteiger partial charge in [0.25, 0.3) is 0 Å². The lowest BCUT2D eigenvalue weighted by molar-refractivity contribution is -0.205. The van der Waals surface area contributed by atoms with E-state index in [1.807, 2.05) is 13.8 Å². The van der Waals surface area contributed by atoms with Crippen molar-refractivity contribution >= 4 is 41.0 Å². The second-order valence-corrected chi connectivity index (χ2v) is 13.3. The van der Waals surface area contributed by atoms with Crippen molar-refractivity contribution in [1.82, 2.24) is 0 Å². The Labute approximate surface area is 245 Å². The third-order valence-electron chi connectivity index (χ3n) is 9.75. The molecule has 0 bridgehead atoms. The summed E-state index contributed by atoms with van der Waals surface area (Å²) >= 11 is 0. The highest BCUT2D eigenvalue weighted by atomic mass is 16.5. The SMILES string of the molecule is CCOC(=O)/C=C/c1cc(C(C)C)c2c(c1O)C(=O)C1C(=O)[C@@]3(O)C(=O)C(C(C)=O)C(=O)C(C(C)C)[C@@]3(C)C[C@@]1(C)C2. The molecule has 2 saturated carbocycles. The predicted octanol–water partition coefficient (Wildman–Crippen LogP) is 3.79. The molecule has 0 spiro atoms. The van der Waals surface area contributed by atoms with Crippen molar-refractivity contribution in [3.8, 4) is 5.75 Å². The Morgan fingerprint density at radius 3 is 2.24 bits per heavy atom. The smallest absolute Gasteiger partial charge is 0.330 e. The summed E-state index contributed by atoms with van der Waals surface area (Å²) in [6.07, 6.45) is 2.64. The molecule has 0 aromatic heterocycles. The van der Waals surface area contributed by atoms with Crippen LogP contribution in [0.2, 0.25) is 0 Å². The van der Waals surface area contributed by atoms with Crippen LogP contribution in [0.15, 0.2) is 12.1 Å². The van der Waals surface area contributed by atoms with Crippen LogP contribution >= 0.6 is 0 Å². The minimum Gasteiger partial charge on any atom is -0.507 e. The maximum atomic E-state index is 14.4. The first-order chi connectivity index (χ1) is 19.4. The van der Waals surface area contributed by atoms with Crippen LogP contribution in [0, 0.1) is 34.5 Å². The van der Waals surface area contributed by atoms with Gasteiger partial charge in [0.1, 0.15) is 17.5 Å². The molecule has 3 unspecified atom stereocenters. The van der Waals surface area contributed by atoms with Crippen molar-refractivity contribution in [3.05, 3.63) is 34.4 Å². The standard InChI is InChI=1S/C33H40O9/c1-9-42-21(35)11-10-18-12-19(15(2)3)20-13-31(7)14-32(8)24(16(4)5)27(37)22(17(6)34)29(39)33(32,41)30(40)25(31)28(38)23(20)26(18)36/h10-12,15-16,22,24-25,36,41H,9,13-14H2,1-8H3/b11-10+/t22?,24?,25?,31-,32-,33+/m1/s1. The van der Waals surface area contributed by atoms with Gasteiger partial charge in [-0.15, -0.1) is 0 Å². The number of Topliss-reactive ketones (excluding diaryl/α,β-unsaturated/α-hetero) is 5. The largest absolute Gasteiger partial charge is 0.507 e. The van der Waals surface area contributed by atoms with Crippen molar-refractivity contribution in [2.75, 3.05) is 6.61 Å². The quantitative estimate of drug-likeness (QED) is 0.291. The van der Waals surface area contributed by atoms with Gasteiger partial charge in [0, 0.05) is 23.0 Å². The number of fused-ring (bicyclic) bond motifs is 3. The molecule has 0 saturated heterocycles. The third-order valence-corrected chi connectivity index (χ3v) is 9.75. The van der Waals surface area contributed by atoms with Gasteiger partial charge in [-0.3, -0.25) is 24.0 Å². The number of benzene rings is 1. The number of esters is 1. The maximum absolute atomic E-state index is 14.4. The first-order valence-electron chi connectivity index (χ1n) is 14.5. The van der Waals surface area contributed by atoms with Gasteiger partial charge in [-0.1, -0.05) is 41.5 Å². The summed E-state index contributed by atoms with van der Waals surface area (Å²) in [5, 5.41) is 23.5. The molecule has 2 N–H and O–H groups in total. The fourth-order valence-electron chi connectivity index (χ4n) is 8.24. The highest BCUT2D eigenvalue weighted by Gasteiger charge is 2.76. The summed E-state index contributed by atoms with van der Waals surface area (Å²) in [6, 6.07) is 1.70. The summed E-state index contributed by atoms with van der Waals surface area (Å²) in [5.41, 5.74) is -4.02. The number of ketones is 5. The van der Waals surface area contributed by atoms with Crippen LogP contribution in [0.3, 0.4) is 0 Å². The van der Waals surface area contributed by atoms with Crippen LogP contribution in [-0.4, -0.2) is 57.3 Å². The Kier molecular flexibility index (Phi) is 7.77. The number of carbonyl (C=O) groups excluding carboxylic acids is 6. The Morgan fingerprint density at radius 1 is 1.10 bits per heavy atom. The van der Waals surface area contributed by atoms with Gasteiger partial charge < -0.3 is 14.9 Å². The summed E-state index contributed by atoms with van der Waals surface area (Å²) in [6.45, 7) is 13.5. The van der Waals surface area contributed by atoms with Crippen LogP contribution in [0.25, 0.3) is 6.08 Å². The molecule has 2 fully saturated rings. The first-order valence-corrected chi connectivity index (χ1v) is 14.5. The van der Waals surface area contributed by atoms with Gasteiger partial charge in [0.15, 0.2) is 28.7 Å². The minimum atomic E-state index is -2.75. The highest BCUT2D eigenvalue weighted by Crippen LogP contribution is 2.64. The number of aromatic hydroxyl groups is 1. The Balaban J connectivity index is 1.96. The Bertz CT molecular complexity index is 1450. The zero-order valence-electron chi connectivity index (χ0n) is 25.5. The molecule has 0 amide bonds. The zero-order chi connectivity index (χ0) is 31.7. The topological polar surface area (TPSA) is 152 Å². The number of ether oxygens (including phenoxy) is 1. The molecule has 9 heteroatoms. The molecule has 0 heterocycles. The summed E-state index contributed by atoms with van der Waals surface area (Å²) < 4.78 is 4.93. The van der Waals surface area contributed by atoms with Crippen LogP contribution in [0.5, 0.6) is 5.75 Å². The number of hydrogen-bond acceptors (Lipinski definition) is 9. The molecule has 6 atom stereocenters. The number of aliphatic hydroxyl groups is 1. The van der Waals surface area contributed by atoms with Crippen molar-refractivity contribution in [3.63, 3.8) is 0 Å². The summed E-state index contributed by atoms with van der Waals surface area (Å²) in [5.74, 6) is -10.2. The van der Waals surface area contributed by atoms with Gasteiger partial charge in [-0.25, -0.2) is 4.79 Å². The van der Waals surface area contributed by atoms with Gasteiger partial charge in [0.2, 0.25) is 0 Å². The molecule has 3 aliphatic carbocycles. The van der Waals surface area contributed by atoms with Crippen molar-refractivity contribution < 1.29 is 43.7 Å². The van der Waals surface area contributed by atoms with Crippen molar-refractivity contribution in [2.24, 2.45) is 34.5 Å². The van der Waals surface area contributed by atoms with Crippen LogP contribution < -0.4 is 0 Å². The van der Waals surface area contributed by atoms with E-state index in [2.05, 4.69) is 0 Å². The van der Waals surface area contributed by atoms with Gasteiger partial charge >= 0.3 is 5.97 Å². The molecule has 1 aromatic rings. The van der Waals surface area contributed by atoms with Gasteiger partial charge in [0.05, 0.1) is 18.1 Å². The van der Waals surface area contributed by atoms with Crippen LogP contribution in [0.1, 0.15) is 94.8 Å². The van der Waals surface area contributed by atoms with E-state index in [-0.39, 0.29) is 36.5 Å². The molecule has 0 radical (unpaired) electrons. The summed E-state index contributed by atoms with van der Waals surface area (Å²) in [7, 11) is 0. The predicted molar refractivity (Wildman–Crippen MR) is 153 cm³/mol. The monoisotopic (exact) mass is 580 g/mol. The lowest BCUT2D eigenvalue weighted by atomic mass is 9.39. The molecule has 4 rings (SSSR count). The van der Waals surface area contributed by atoms with Crippen LogP contribution in [0.4, 0.5) is 0 Å². The van der Waals surface area contributed by atoms with E-state index in [4.69, 9.17) is 4.74 Å². The molecule has 9 nitrogen and oxygen atoms in total. The van der Waals surface area contributed by atoms with E-state index in [1.165, 1.54) is 6.08 Å². The van der Waals surface area contributed by atoms with E-state index >= 15 is 0 Å². The Morgan fingerprint density at radius 2 is 1.71 bits per heavy atom. The lowest BCUT2D eigenvalue weighted by Crippen LogP contribution is -2.76. The molecule has 3 aliphatic rings. The van der Waals surface area contributed by atoms with E-state index in [0.717, 1.165) is 18.6 Å². The normalized spacial score (nSPS) is 32.7. The minimum absolute atomic E-state index is 0.00809. The third kappa shape index (κ3) is 4.22. The number of phenolic OH excluding ortho intramolecular Hbond substituents is 1. The molecule has 42 heavy (non-hydrogen) atoms. The average molecular weight is 581 g/mol. The maximum Gasteiger partial charge on any atom is 0.330 e. The van der Waals surface area contributed by atoms with Gasteiger partial charge in [-0.2, -0.15) is 0 Å². The fraction of sp³-hybridized carbons (Fsp3) is 0.576. The number of carbonyl (C=O) groups is 6. The van der Waals surface area contributed by atoms with Gasteiger partial charge in [-0.05, 0) is 67.2 Å². The molecular weight excluding hydrogens is 540 g/mol. The lowest BCUT2D eigenvalue weighted by Gasteiger charge is -2.62. The zero-order valence-corrected chi connectivity index (χ0v) is 25.5. The second-order valence-electron chi connectivity index (χ2n) is 13.3. The molecular formula is C33H40O9. The molecule has 1 aromatic carbocycles. The Hall–Kier alpha value is -3.46. The van der Waals surface area contributed by atoms with Crippen molar-refractivity contribution in [2.45, 2.75) is 79.8 Å². The number of phenols is 1. The fourth-order valence-corrected chi connectivity index (χ4v) is 8.24. The van der Waals surface area contributed by atoms with Crippen molar-refractivity contribution in [1.29, 1.82) is 0 Å². The van der Waals surface area contributed by atoms with Crippen LogP contribution in [-0.2, 0) is 35.1 Å². The average Bonchev–Trinajstić information content (AvgIpc) is 2.85. The molecule has 226 valence electrons. The highest BCUT2D eigenvalue weighted by molar-refractivity contribution is 6.32.